The van der Waals surface area contributed by atoms with E-state index in [0.29, 0.717) is 31.7 Å². The van der Waals surface area contributed by atoms with E-state index in [9.17, 15) is 9.59 Å². The van der Waals surface area contributed by atoms with Crippen molar-refractivity contribution in [1.82, 2.24) is 9.78 Å². The van der Waals surface area contributed by atoms with Gasteiger partial charge in [-0.1, -0.05) is 34.8 Å². The normalized spacial score (nSPS) is 10.8. The molecule has 1 N–H and O–H groups in total. The average Bonchev–Trinajstić information content (AvgIpc) is 2.49. The summed E-state index contributed by atoms with van der Waals surface area (Å²) in [5.41, 5.74) is 0.193. The number of hydrogen-bond donors (Lipinski definition) is 1. The van der Waals surface area contributed by atoms with E-state index in [2.05, 4.69) is 10.4 Å². The van der Waals surface area contributed by atoms with Crippen LogP contribution in [0.2, 0.25) is 15.1 Å². The predicted octanol–water partition coefficient (Wildman–Crippen LogP) is 4.15. The first-order chi connectivity index (χ1) is 11.3. The van der Waals surface area contributed by atoms with Gasteiger partial charge in [0.15, 0.2) is 5.69 Å². The average molecular weight is 383 g/mol. The van der Waals surface area contributed by atoms with Crippen molar-refractivity contribution in [3.63, 3.8) is 0 Å². The van der Waals surface area contributed by atoms with E-state index in [4.69, 9.17) is 34.8 Å². The number of nitrogens with one attached hydrogen (secondary N) is 1. The lowest BCUT2D eigenvalue weighted by Gasteiger charge is -2.09. The van der Waals surface area contributed by atoms with Gasteiger partial charge in [0.05, 0.1) is 10.9 Å². The van der Waals surface area contributed by atoms with E-state index in [-0.39, 0.29) is 5.69 Å². The first-order valence-electron chi connectivity index (χ1n) is 6.79. The summed E-state index contributed by atoms with van der Waals surface area (Å²) in [6.07, 6.45) is 0. The molecule has 0 atom stereocenters. The third kappa shape index (κ3) is 3.24. The fourth-order valence-electron chi connectivity index (χ4n) is 2.31. The van der Waals surface area contributed by atoms with E-state index < -0.39 is 11.3 Å². The minimum atomic E-state index is -0.657. The Hall–Kier alpha value is -2.08. The number of carbonyl (C=O) groups excluding carboxylic acids is 1. The second kappa shape index (κ2) is 6.43. The van der Waals surface area contributed by atoms with Gasteiger partial charge in [0.25, 0.3) is 5.91 Å². The molecule has 0 radical (unpaired) electrons. The van der Waals surface area contributed by atoms with Crippen LogP contribution in [-0.2, 0) is 7.05 Å². The van der Waals surface area contributed by atoms with Crippen molar-refractivity contribution in [3.8, 4) is 0 Å². The third-order valence-electron chi connectivity index (χ3n) is 3.35. The lowest BCUT2D eigenvalue weighted by Crippen LogP contribution is -2.26. The van der Waals surface area contributed by atoms with Crippen LogP contribution in [-0.4, -0.2) is 15.7 Å². The summed E-state index contributed by atoms with van der Waals surface area (Å²) < 4.78 is 1.45. The molecule has 122 valence electrons. The molecule has 8 heteroatoms. The number of anilines is 1. The molecule has 0 aliphatic carbocycles. The summed E-state index contributed by atoms with van der Waals surface area (Å²) in [5, 5.41) is 8.07. The van der Waals surface area contributed by atoms with Gasteiger partial charge >= 0.3 is 0 Å². The van der Waals surface area contributed by atoms with Crippen LogP contribution >= 0.6 is 34.8 Å². The molecule has 2 aromatic carbocycles. The molecule has 24 heavy (non-hydrogen) atoms. The first kappa shape index (κ1) is 16.8. The van der Waals surface area contributed by atoms with Gasteiger partial charge in [-0.3, -0.25) is 14.3 Å². The summed E-state index contributed by atoms with van der Waals surface area (Å²) >= 11 is 17.7. The van der Waals surface area contributed by atoms with Crippen molar-refractivity contribution in [3.05, 3.63) is 67.4 Å². The van der Waals surface area contributed by atoms with E-state index in [0.717, 1.165) is 0 Å². The highest BCUT2D eigenvalue weighted by Crippen LogP contribution is 2.23. The van der Waals surface area contributed by atoms with Gasteiger partial charge in [0, 0.05) is 27.8 Å². The second-order valence-corrected chi connectivity index (χ2v) is 6.38. The number of aryl methyl sites for hydroxylation is 1. The van der Waals surface area contributed by atoms with Gasteiger partial charge in [-0.25, -0.2) is 0 Å². The highest BCUT2D eigenvalue weighted by atomic mass is 35.5. The number of hydrogen-bond acceptors (Lipinski definition) is 3. The van der Waals surface area contributed by atoms with Crippen molar-refractivity contribution in [2.75, 3.05) is 5.32 Å². The smallest absolute Gasteiger partial charge is 0.280 e. The van der Waals surface area contributed by atoms with Crippen molar-refractivity contribution in [2.24, 2.45) is 7.05 Å². The van der Waals surface area contributed by atoms with Gasteiger partial charge in [-0.05, 0) is 36.4 Å². The molecule has 1 amide bonds. The maximum absolute atomic E-state index is 12.6. The maximum atomic E-state index is 12.6. The van der Waals surface area contributed by atoms with Gasteiger partial charge in [0.1, 0.15) is 0 Å². The SMILES string of the molecule is Cn1nc(C(=O)Nc2cc(Cl)cc(Cl)c2)c(=O)c2cc(Cl)ccc21. The Balaban J connectivity index is 2.07. The molecule has 3 rings (SSSR count). The van der Waals surface area contributed by atoms with Crippen LogP contribution in [0.1, 0.15) is 10.5 Å². The minimum absolute atomic E-state index is 0.247. The third-order valence-corrected chi connectivity index (χ3v) is 4.02. The summed E-state index contributed by atoms with van der Waals surface area (Å²) in [7, 11) is 1.64. The number of rotatable bonds is 2. The van der Waals surface area contributed by atoms with Crippen molar-refractivity contribution >= 4 is 57.3 Å². The number of halogens is 3. The molecular weight excluding hydrogens is 373 g/mol. The van der Waals surface area contributed by atoms with Crippen LogP contribution < -0.4 is 10.7 Å². The Kier molecular flexibility index (Phi) is 4.49. The fourth-order valence-corrected chi connectivity index (χ4v) is 3.01. The standard InChI is InChI=1S/C16H10Cl3N3O2/c1-22-13-3-2-8(17)7-12(13)15(23)14(21-22)16(24)20-11-5-9(18)4-10(19)6-11/h2-7H,1H3,(H,20,24). The number of aromatic nitrogens is 2. The second-order valence-electron chi connectivity index (χ2n) is 5.08. The highest BCUT2D eigenvalue weighted by Gasteiger charge is 2.17. The molecule has 1 heterocycles. The molecule has 0 saturated heterocycles. The lowest BCUT2D eigenvalue weighted by atomic mass is 10.2. The Bertz CT molecular complexity index is 1010. The number of amides is 1. The van der Waals surface area contributed by atoms with Crippen LogP contribution in [0.15, 0.2) is 41.2 Å². The zero-order chi connectivity index (χ0) is 17.4. The molecule has 0 unspecified atom stereocenters. The molecule has 0 aliphatic heterocycles. The molecule has 0 bridgehead atoms. The van der Waals surface area contributed by atoms with Crippen LogP contribution in [0.5, 0.6) is 0 Å². The highest BCUT2D eigenvalue weighted by molar-refractivity contribution is 6.35. The molecule has 0 fully saturated rings. The van der Waals surface area contributed by atoms with Crippen LogP contribution in [0.3, 0.4) is 0 Å². The Morgan fingerprint density at radius 1 is 1.04 bits per heavy atom. The lowest BCUT2D eigenvalue weighted by molar-refractivity contribution is 0.101. The number of nitrogens with zero attached hydrogens (tertiary/aromatic N) is 2. The van der Waals surface area contributed by atoms with Crippen LogP contribution in [0.4, 0.5) is 5.69 Å². The number of benzene rings is 2. The van der Waals surface area contributed by atoms with Crippen LogP contribution in [0, 0.1) is 0 Å². The summed E-state index contributed by atoms with van der Waals surface area (Å²) in [6.45, 7) is 0. The van der Waals surface area contributed by atoms with Crippen molar-refractivity contribution in [2.45, 2.75) is 0 Å². The first-order valence-corrected chi connectivity index (χ1v) is 7.92. The van der Waals surface area contributed by atoms with Gasteiger partial charge in [-0.15, -0.1) is 0 Å². The minimum Gasteiger partial charge on any atom is -0.320 e. The molecule has 5 nitrogen and oxygen atoms in total. The quantitative estimate of drug-likeness (QED) is 0.724. The van der Waals surface area contributed by atoms with Crippen molar-refractivity contribution in [1.29, 1.82) is 0 Å². The van der Waals surface area contributed by atoms with Crippen LogP contribution in [0.25, 0.3) is 10.9 Å². The molecule has 0 spiro atoms. The van der Waals surface area contributed by atoms with E-state index >= 15 is 0 Å². The Morgan fingerprint density at radius 2 is 1.71 bits per heavy atom. The van der Waals surface area contributed by atoms with E-state index in [1.165, 1.54) is 28.9 Å². The fraction of sp³-hybridized carbons (Fsp3) is 0.0625. The van der Waals surface area contributed by atoms with E-state index in [1.54, 1.807) is 19.2 Å². The molecule has 0 aliphatic rings. The number of fused-ring (bicyclic) bond motifs is 1. The van der Waals surface area contributed by atoms with Crippen molar-refractivity contribution < 1.29 is 4.79 Å². The molecule has 1 aromatic heterocycles. The topological polar surface area (TPSA) is 64.0 Å². The monoisotopic (exact) mass is 381 g/mol. The zero-order valence-electron chi connectivity index (χ0n) is 12.3. The Labute approximate surface area is 151 Å². The largest absolute Gasteiger partial charge is 0.320 e. The molecule has 0 saturated carbocycles. The summed E-state index contributed by atoms with van der Waals surface area (Å²) in [5.74, 6) is -0.657. The summed E-state index contributed by atoms with van der Waals surface area (Å²) in [4.78, 5) is 25.0. The van der Waals surface area contributed by atoms with Gasteiger partial charge in [0.2, 0.25) is 5.43 Å². The predicted molar refractivity (Wildman–Crippen MR) is 96.4 cm³/mol. The van der Waals surface area contributed by atoms with E-state index in [1.807, 2.05) is 0 Å². The maximum Gasteiger partial charge on any atom is 0.280 e. The zero-order valence-corrected chi connectivity index (χ0v) is 14.6. The van der Waals surface area contributed by atoms with Gasteiger partial charge in [-0.2, -0.15) is 5.10 Å². The molecular formula is C16H10Cl3N3O2. The summed E-state index contributed by atoms with van der Waals surface area (Å²) in [6, 6.07) is 9.41. The Morgan fingerprint density at radius 3 is 2.38 bits per heavy atom. The van der Waals surface area contributed by atoms with Gasteiger partial charge < -0.3 is 5.32 Å². The molecule has 3 aromatic rings. The number of carbonyl (C=O) groups is 1.